The van der Waals surface area contributed by atoms with E-state index in [0.717, 1.165) is 6.42 Å². The summed E-state index contributed by atoms with van der Waals surface area (Å²) in [7, 11) is 0. The van der Waals surface area contributed by atoms with E-state index >= 15 is 0 Å². The van der Waals surface area contributed by atoms with E-state index < -0.39 is 0 Å². The van der Waals surface area contributed by atoms with Crippen LogP contribution in [0.4, 0.5) is 0 Å². The van der Waals surface area contributed by atoms with Gasteiger partial charge in [-0.2, -0.15) is 0 Å². The first kappa shape index (κ1) is 9.96. The highest BCUT2D eigenvalue weighted by Gasteiger charge is 1.95. The molecule has 0 saturated heterocycles. The molecule has 0 bridgehead atoms. The van der Waals surface area contributed by atoms with Gasteiger partial charge in [-0.3, -0.25) is 0 Å². The van der Waals surface area contributed by atoms with Gasteiger partial charge < -0.3 is 11.5 Å². The molecule has 0 amide bonds. The van der Waals surface area contributed by atoms with Crippen LogP contribution in [0.5, 0.6) is 0 Å². The highest BCUT2D eigenvalue weighted by Crippen LogP contribution is 2.10. The maximum atomic E-state index is 5.51. The molecule has 0 radical (unpaired) electrons. The van der Waals surface area contributed by atoms with E-state index in [9.17, 15) is 0 Å². The van der Waals surface area contributed by atoms with Gasteiger partial charge in [0.2, 0.25) is 0 Å². The topological polar surface area (TPSA) is 52.0 Å². The SMILES string of the molecule is NCC=Cc1ccccc1CCN. The Morgan fingerprint density at radius 3 is 2.62 bits per heavy atom. The van der Waals surface area contributed by atoms with E-state index in [2.05, 4.69) is 12.1 Å². The predicted octanol–water partition coefficient (Wildman–Crippen LogP) is 1.16. The van der Waals surface area contributed by atoms with Crippen molar-refractivity contribution < 1.29 is 0 Å². The molecule has 1 aromatic rings. The minimum absolute atomic E-state index is 0.580. The molecule has 0 unspecified atom stereocenters. The Bertz CT molecular complexity index is 279. The average molecular weight is 176 g/mol. The molecule has 0 aliphatic carbocycles. The number of hydrogen-bond acceptors (Lipinski definition) is 2. The van der Waals surface area contributed by atoms with Crippen LogP contribution in [0.15, 0.2) is 30.3 Å². The van der Waals surface area contributed by atoms with Gasteiger partial charge in [-0.05, 0) is 24.1 Å². The largest absolute Gasteiger partial charge is 0.330 e. The van der Waals surface area contributed by atoms with Gasteiger partial charge in [0.25, 0.3) is 0 Å². The number of rotatable bonds is 4. The standard InChI is InChI=1S/C11H16N2/c12-8-3-6-10-4-1-2-5-11(10)7-9-13/h1-6H,7-9,12-13H2. The van der Waals surface area contributed by atoms with Crippen molar-refractivity contribution in [1.82, 2.24) is 0 Å². The van der Waals surface area contributed by atoms with E-state index in [1.807, 2.05) is 24.3 Å². The molecule has 1 aromatic carbocycles. The normalized spacial score (nSPS) is 10.9. The summed E-state index contributed by atoms with van der Waals surface area (Å²) in [5.74, 6) is 0. The highest BCUT2D eigenvalue weighted by atomic mass is 14.5. The minimum Gasteiger partial charge on any atom is -0.330 e. The molecule has 4 N–H and O–H groups in total. The van der Waals surface area contributed by atoms with Gasteiger partial charge >= 0.3 is 0 Å². The summed E-state index contributed by atoms with van der Waals surface area (Å²) in [6.07, 6.45) is 4.92. The molecule has 0 aliphatic heterocycles. The Morgan fingerprint density at radius 2 is 1.92 bits per heavy atom. The zero-order chi connectivity index (χ0) is 9.52. The van der Waals surface area contributed by atoms with Crippen LogP contribution in [0, 0.1) is 0 Å². The number of benzene rings is 1. The Balaban J connectivity index is 2.84. The molecule has 13 heavy (non-hydrogen) atoms. The molecule has 0 fully saturated rings. The summed E-state index contributed by atoms with van der Waals surface area (Å²) in [4.78, 5) is 0. The van der Waals surface area contributed by atoms with Crippen molar-refractivity contribution in [2.24, 2.45) is 11.5 Å². The van der Waals surface area contributed by atoms with Crippen LogP contribution in [-0.4, -0.2) is 13.1 Å². The lowest BCUT2D eigenvalue weighted by Crippen LogP contribution is -2.03. The molecule has 70 valence electrons. The molecule has 0 atom stereocenters. The first-order valence-corrected chi connectivity index (χ1v) is 4.53. The van der Waals surface area contributed by atoms with Gasteiger partial charge in [-0.1, -0.05) is 36.4 Å². The second-order valence-electron chi connectivity index (χ2n) is 2.88. The third-order valence-corrected chi connectivity index (χ3v) is 1.90. The second-order valence-corrected chi connectivity index (χ2v) is 2.88. The van der Waals surface area contributed by atoms with Crippen LogP contribution in [0.2, 0.25) is 0 Å². The molecular weight excluding hydrogens is 160 g/mol. The number of nitrogens with two attached hydrogens (primary N) is 2. The van der Waals surface area contributed by atoms with E-state index in [4.69, 9.17) is 11.5 Å². The molecule has 1 rings (SSSR count). The van der Waals surface area contributed by atoms with Gasteiger partial charge in [-0.15, -0.1) is 0 Å². The highest BCUT2D eigenvalue weighted by molar-refractivity contribution is 5.53. The van der Waals surface area contributed by atoms with Crippen LogP contribution in [0.1, 0.15) is 11.1 Å². The first-order chi connectivity index (χ1) is 6.38. The van der Waals surface area contributed by atoms with Crippen LogP contribution >= 0.6 is 0 Å². The lowest BCUT2D eigenvalue weighted by atomic mass is 10.0. The zero-order valence-electron chi connectivity index (χ0n) is 7.74. The smallest absolute Gasteiger partial charge is 0.0110 e. The summed E-state index contributed by atoms with van der Waals surface area (Å²) in [6.45, 7) is 1.27. The summed E-state index contributed by atoms with van der Waals surface area (Å²) >= 11 is 0. The summed E-state index contributed by atoms with van der Waals surface area (Å²) in [5.41, 5.74) is 13.4. The van der Waals surface area contributed by atoms with Gasteiger partial charge in [-0.25, -0.2) is 0 Å². The van der Waals surface area contributed by atoms with Crippen molar-refractivity contribution in [3.63, 3.8) is 0 Å². The molecular formula is C11H16N2. The van der Waals surface area contributed by atoms with Crippen molar-refractivity contribution in [2.75, 3.05) is 13.1 Å². The average Bonchev–Trinajstić information content (AvgIpc) is 2.17. The maximum Gasteiger partial charge on any atom is 0.0110 e. The quantitative estimate of drug-likeness (QED) is 0.723. The zero-order valence-corrected chi connectivity index (χ0v) is 7.74. The minimum atomic E-state index is 0.580. The lowest BCUT2D eigenvalue weighted by molar-refractivity contribution is 0.966. The van der Waals surface area contributed by atoms with Crippen molar-refractivity contribution in [1.29, 1.82) is 0 Å². The van der Waals surface area contributed by atoms with Crippen molar-refractivity contribution >= 4 is 6.08 Å². The summed E-state index contributed by atoms with van der Waals surface area (Å²) in [5, 5.41) is 0. The fourth-order valence-electron chi connectivity index (χ4n) is 1.27. The third-order valence-electron chi connectivity index (χ3n) is 1.90. The Kier molecular flexibility index (Phi) is 4.23. The monoisotopic (exact) mass is 176 g/mol. The van der Waals surface area contributed by atoms with Gasteiger partial charge in [0.15, 0.2) is 0 Å². The number of hydrogen-bond donors (Lipinski definition) is 2. The first-order valence-electron chi connectivity index (χ1n) is 4.53. The third kappa shape index (κ3) is 3.01. The van der Waals surface area contributed by atoms with E-state index in [-0.39, 0.29) is 0 Å². The Labute approximate surface area is 79.2 Å². The Morgan fingerprint density at radius 1 is 1.15 bits per heavy atom. The van der Waals surface area contributed by atoms with Crippen LogP contribution in [0.25, 0.3) is 6.08 Å². The van der Waals surface area contributed by atoms with Crippen LogP contribution in [-0.2, 0) is 6.42 Å². The molecule has 0 heterocycles. The molecule has 0 saturated carbocycles. The molecule has 2 heteroatoms. The molecule has 2 nitrogen and oxygen atoms in total. The van der Waals surface area contributed by atoms with E-state index in [1.165, 1.54) is 11.1 Å². The Hall–Kier alpha value is -1.12. The van der Waals surface area contributed by atoms with Gasteiger partial charge in [0, 0.05) is 6.54 Å². The van der Waals surface area contributed by atoms with Gasteiger partial charge in [0.05, 0.1) is 0 Å². The lowest BCUT2D eigenvalue weighted by Gasteiger charge is -2.03. The fraction of sp³-hybridized carbons (Fsp3) is 0.273. The predicted molar refractivity (Wildman–Crippen MR) is 57.3 cm³/mol. The summed E-state index contributed by atoms with van der Waals surface area (Å²) < 4.78 is 0. The maximum absolute atomic E-state index is 5.51. The van der Waals surface area contributed by atoms with Crippen LogP contribution < -0.4 is 11.5 Å². The van der Waals surface area contributed by atoms with Crippen LogP contribution in [0.3, 0.4) is 0 Å². The second kappa shape index (κ2) is 5.51. The summed E-state index contributed by atoms with van der Waals surface area (Å²) in [6, 6.07) is 8.24. The van der Waals surface area contributed by atoms with Crippen molar-refractivity contribution in [2.45, 2.75) is 6.42 Å². The molecule has 0 aromatic heterocycles. The van der Waals surface area contributed by atoms with Crippen molar-refractivity contribution in [3.05, 3.63) is 41.5 Å². The van der Waals surface area contributed by atoms with E-state index in [0.29, 0.717) is 13.1 Å². The fourth-order valence-corrected chi connectivity index (χ4v) is 1.27. The molecule has 0 aliphatic rings. The van der Waals surface area contributed by atoms with Crippen molar-refractivity contribution in [3.8, 4) is 0 Å². The van der Waals surface area contributed by atoms with E-state index in [1.54, 1.807) is 0 Å². The van der Waals surface area contributed by atoms with Gasteiger partial charge in [0.1, 0.15) is 0 Å². The molecule has 0 spiro atoms.